The van der Waals surface area contributed by atoms with Crippen LogP contribution >= 0.6 is 0 Å². The summed E-state index contributed by atoms with van der Waals surface area (Å²) in [5.41, 5.74) is 1.56. The van der Waals surface area contributed by atoms with Crippen LogP contribution in [0.15, 0.2) is 59.5 Å². The van der Waals surface area contributed by atoms with Crippen molar-refractivity contribution in [3.63, 3.8) is 0 Å². The molecule has 1 aliphatic heterocycles. The molecule has 7 heteroatoms. The Hall–Kier alpha value is -2.38. The van der Waals surface area contributed by atoms with E-state index in [1.807, 2.05) is 31.2 Å². The molecule has 2 N–H and O–H groups in total. The second-order valence-corrected chi connectivity index (χ2v) is 9.93. The largest absolute Gasteiger partial charge is 0.371 e. The van der Waals surface area contributed by atoms with Gasteiger partial charge in [-0.2, -0.15) is 0 Å². The molecule has 3 rings (SSSR count). The van der Waals surface area contributed by atoms with Crippen molar-refractivity contribution in [1.82, 2.24) is 10.0 Å². The molecule has 162 valence electrons. The Kier molecular flexibility index (Phi) is 7.15. The minimum absolute atomic E-state index is 0.0706. The summed E-state index contributed by atoms with van der Waals surface area (Å²) in [5.74, 6) is 0.285. The molecule has 0 bridgehead atoms. The number of carbonyl (C=O) groups excluding carboxylic acids is 1. The summed E-state index contributed by atoms with van der Waals surface area (Å²) in [6, 6.07) is 16.0. The molecule has 6 nitrogen and oxygen atoms in total. The molecule has 0 spiro atoms. The predicted molar refractivity (Wildman–Crippen MR) is 120 cm³/mol. The molecule has 1 heterocycles. The first-order valence-electron chi connectivity index (χ1n) is 10.5. The first-order chi connectivity index (χ1) is 14.3. The van der Waals surface area contributed by atoms with Crippen LogP contribution in [0.4, 0.5) is 5.69 Å². The average Bonchev–Trinajstić information content (AvgIpc) is 2.74. The zero-order chi connectivity index (χ0) is 21.7. The third kappa shape index (κ3) is 5.40. The van der Waals surface area contributed by atoms with Gasteiger partial charge in [-0.1, -0.05) is 44.2 Å². The minimum atomic E-state index is -3.52. The zero-order valence-electron chi connectivity index (χ0n) is 17.8. The van der Waals surface area contributed by atoms with Gasteiger partial charge < -0.3 is 10.2 Å². The highest BCUT2D eigenvalue weighted by molar-refractivity contribution is 7.89. The van der Waals surface area contributed by atoms with Crippen LogP contribution in [-0.4, -0.2) is 39.5 Å². The highest BCUT2D eigenvalue weighted by atomic mass is 32.2. The standard InChI is InChI=1S/C23H31N3O3S/c1-17(2)18(3)24-23(27)21-11-7-8-12-22(21)26-15-13-19(14-16-26)25-30(28,29)20-9-5-4-6-10-20/h4-12,17-19,25H,13-16H2,1-3H3,(H,24,27). The number of hydrogen-bond acceptors (Lipinski definition) is 4. The number of rotatable bonds is 7. The van der Waals surface area contributed by atoms with Gasteiger partial charge in [0.15, 0.2) is 0 Å². The van der Waals surface area contributed by atoms with Gasteiger partial charge in [-0.25, -0.2) is 13.1 Å². The van der Waals surface area contributed by atoms with E-state index >= 15 is 0 Å². The molecule has 0 aromatic heterocycles. The fraction of sp³-hybridized carbons (Fsp3) is 0.435. The number of carbonyl (C=O) groups is 1. The highest BCUT2D eigenvalue weighted by Gasteiger charge is 2.26. The maximum atomic E-state index is 12.8. The normalized spacial score (nSPS) is 16.5. The molecule has 1 atom stereocenters. The number of benzene rings is 2. The number of nitrogens with one attached hydrogen (secondary N) is 2. The van der Waals surface area contributed by atoms with Crippen LogP contribution in [0, 0.1) is 5.92 Å². The molecule has 0 radical (unpaired) electrons. The van der Waals surface area contributed by atoms with Crippen LogP contribution < -0.4 is 14.9 Å². The van der Waals surface area contributed by atoms with Crippen molar-refractivity contribution in [2.45, 2.75) is 50.6 Å². The predicted octanol–water partition coefficient (Wildman–Crippen LogP) is 3.41. The Labute approximate surface area is 179 Å². The van der Waals surface area contributed by atoms with Gasteiger partial charge in [-0.05, 0) is 49.9 Å². The molecule has 0 saturated carbocycles. The molecule has 0 aliphatic carbocycles. The second-order valence-electron chi connectivity index (χ2n) is 8.22. The van der Waals surface area contributed by atoms with Crippen molar-refractivity contribution in [2.24, 2.45) is 5.92 Å². The van der Waals surface area contributed by atoms with E-state index in [1.165, 1.54) is 0 Å². The van der Waals surface area contributed by atoms with E-state index in [0.717, 1.165) is 5.69 Å². The number of nitrogens with zero attached hydrogens (tertiary/aromatic N) is 1. The molecule has 2 aromatic carbocycles. The number of piperidine rings is 1. The maximum Gasteiger partial charge on any atom is 0.253 e. The van der Waals surface area contributed by atoms with Crippen LogP contribution in [0.2, 0.25) is 0 Å². The number of hydrogen-bond donors (Lipinski definition) is 2. The molecule has 30 heavy (non-hydrogen) atoms. The topological polar surface area (TPSA) is 78.5 Å². The summed E-state index contributed by atoms with van der Waals surface area (Å²) in [7, 11) is -3.52. The Bertz CT molecular complexity index is 953. The smallest absolute Gasteiger partial charge is 0.253 e. The molecule has 1 amide bonds. The van der Waals surface area contributed by atoms with E-state index in [2.05, 4.69) is 28.8 Å². The summed E-state index contributed by atoms with van der Waals surface area (Å²) < 4.78 is 28.0. The van der Waals surface area contributed by atoms with Crippen LogP contribution in [0.3, 0.4) is 0 Å². The van der Waals surface area contributed by atoms with E-state index in [4.69, 9.17) is 0 Å². The number of amides is 1. The molecule has 2 aromatic rings. The molecular weight excluding hydrogens is 398 g/mol. The Balaban J connectivity index is 1.65. The average molecular weight is 430 g/mol. The van der Waals surface area contributed by atoms with E-state index in [9.17, 15) is 13.2 Å². The molecular formula is C23H31N3O3S. The quantitative estimate of drug-likeness (QED) is 0.707. The van der Waals surface area contributed by atoms with Crippen molar-refractivity contribution in [3.8, 4) is 0 Å². The van der Waals surface area contributed by atoms with Gasteiger partial charge >= 0.3 is 0 Å². The zero-order valence-corrected chi connectivity index (χ0v) is 18.7. The van der Waals surface area contributed by atoms with E-state index in [0.29, 0.717) is 37.4 Å². The van der Waals surface area contributed by atoms with Crippen LogP contribution in [-0.2, 0) is 10.0 Å². The lowest BCUT2D eigenvalue weighted by Gasteiger charge is -2.35. The van der Waals surface area contributed by atoms with Gasteiger partial charge in [0, 0.05) is 30.9 Å². The third-order valence-corrected chi connectivity index (χ3v) is 7.25. The fourth-order valence-electron chi connectivity index (χ4n) is 3.52. The van der Waals surface area contributed by atoms with Crippen LogP contribution in [0.25, 0.3) is 0 Å². The van der Waals surface area contributed by atoms with Crippen LogP contribution in [0.1, 0.15) is 44.0 Å². The summed E-state index contributed by atoms with van der Waals surface area (Å²) >= 11 is 0. The second kappa shape index (κ2) is 9.62. The Morgan fingerprint density at radius 3 is 2.20 bits per heavy atom. The first kappa shape index (κ1) is 22.3. The summed E-state index contributed by atoms with van der Waals surface area (Å²) in [5, 5.41) is 3.08. The van der Waals surface area contributed by atoms with Gasteiger partial charge in [-0.15, -0.1) is 0 Å². The van der Waals surface area contributed by atoms with Crippen molar-refractivity contribution < 1.29 is 13.2 Å². The third-order valence-electron chi connectivity index (χ3n) is 5.72. The van der Waals surface area contributed by atoms with E-state index in [-0.39, 0.29) is 22.9 Å². The van der Waals surface area contributed by atoms with Crippen molar-refractivity contribution >= 4 is 21.6 Å². The van der Waals surface area contributed by atoms with Crippen molar-refractivity contribution in [1.29, 1.82) is 0 Å². The molecule has 1 unspecified atom stereocenters. The van der Waals surface area contributed by atoms with Crippen molar-refractivity contribution in [2.75, 3.05) is 18.0 Å². The Morgan fingerprint density at radius 1 is 0.967 bits per heavy atom. The lowest BCUT2D eigenvalue weighted by molar-refractivity contribution is 0.0931. The number of anilines is 1. The van der Waals surface area contributed by atoms with Gasteiger partial charge in [0.25, 0.3) is 5.91 Å². The monoisotopic (exact) mass is 429 g/mol. The fourth-order valence-corrected chi connectivity index (χ4v) is 4.84. The molecule has 1 saturated heterocycles. The maximum absolute atomic E-state index is 12.8. The lowest BCUT2D eigenvalue weighted by atomic mass is 10.0. The number of para-hydroxylation sites is 1. The minimum Gasteiger partial charge on any atom is -0.371 e. The van der Waals surface area contributed by atoms with Gasteiger partial charge in [0.05, 0.1) is 10.5 Å². The summed E-state index contributed by atoms with van der Waals surface area (Å²) in [4.78, 5) is 15.3. The van der Waals surface area contributed by atoms with Crippen molar-refractivity contribution in [3.05, 3.63) is 60.2 Å². The first-order valence-corrected chi connectivity index (χ1v) is 12.0. The van der Waals surface area contributed by atoms with E-state index in [1.54, 1.807) is 30.3 Å². The highest BCUT2D eigenvalue weighted by Crippen LogP contribution is 2.25. The summed E-state index contributed by atoms with van der Waals surface area (Å²) in [6.45, 7) is 7.55. The Morgan fingerprint density at radius 2 is 1.57 bits per heavy atom. The van der Waals surface area contributed by atoms with Crippen LogP contribution in [0.5, 0.6) is 0 Å². The lowest BCUT2D eigenvalue weighted by Crippen LogP contribution is -2.45. The van der Waals surface area contributed by atoms with Gasteiger partial charge in [-0.3, -0.25) is 4.79 Å². The molecule has 1 fully saturated rings. The molecule has 1 aliphatic rings. The number of sulfonamides is 1. The van der Waals surface area contributed by atoms with Gasteiger partial charge in [0.1, 0.15) is 0 Å². The van der Waals surface area contributed by atoms with E-state index < -0.39 is 10.0 Å². The summed E-state index contributed by atoms with van der Waals surface area (Å²) in [6.07, 6.45) is 1.37. The SMILES string of the molecule is CC(C)C(C)NC(=O)c1ccccc1N1CCC(NS(=O)(=O)c2ccccc2)CC1. The van der Waals surface area contributed by atoms with Gasteiger partial charge in [0.2, 0.25) is 10.0 Å².